The van der Waals surface area contributed by atoms with Crippen LogP contribution in [0.25, 0.3) is 0 Å². The van der Waals surface area contributed by atoms with E-state index in [1.807, 2.05) is 0 Å². The lowest BCUT2D eigenvalue weighted by atomic mass is 9.98. The van der Waals surface area contributed by atoms with Crippen molar-refractivity contribution in [3.05, 3.63) is 0 Å². The molecule has 1 aliphatic heterocycles. The fourth-order valence-electron chi connectivity index (χ4n) is 2.65. The molecule has 1 saturated heterocycles. The summed E-state index contributed by atoms with van der Waals surface area (Å²) in [6.45, 7) is 8.03. The van der Waals surface area contributed by atoms with Crippen molar-refractivity contribution in [1.82, 2.24) is 4.90 Å². The molecule has 1 fully saturated rings. The lowest BCUT2D eigenvalue weighted by Gasteiger charge is -2.27. The van der Waals surface area contributed by atoms with Gasteiger partial charge in [0.05, 0.1) is 0 Å². The average molecular weight is 212 g/mol. The van der Waals surface area contributed by atoms with Crippen LogP contribution in [0.1, 0.15) is 52.4 Å². The molecule has 2 N–H and O–H groups in total. The molecule has 0 radical (unpaired) electrons. The van der Waals surface area contributed by atoms with E-state index in [0.717, 1.165) is 12.5 Å². The highest BCUT2D eigenvalue weighted by molar-refractivity contribution is 4.81. The molecule has 0 aromatic rings. The van der Waals surface area contributed by atoms with Crippen molar-refractivity contribution < 1.29 is 0 Å². The predicted molar refractivity (Wildman–Crippen MR) is 67.0 cm³/mol. The maximum atomic E-state index is 5.80. The van der Waals surface area contributed by atoms with Crippen LogP contribution in [-0.4, -0.2) is 30.6 Å². The minimum Gasteiger partial charge on any atom is -0.329 e. The van der Waals surface area contributed by atoms with Crippen molar-refractivity contribution in [1.29, 1.82) is 0 Å². The largest absolute Gasteiger partial charge is 0.329 e. The van der Waals surface area contributed by atoms with Gasteiger partial charge in [-0.3, -0.25) is 4.90 Å². The lowest BCUT2D eigenvalue weighted by Crippen LogP contribution is -2.38. The molecule has 1 aliphatic rings. The van der Waals surface area contributed by atoms with Crippen molar-refractivity contribution in [3.8, 4) is 0 Å². The summed E-state index contributed by atoms with van der Waals surface area (Å²) in [6, 6.07) is 0.681. The van der Waals surface area contributed by atoms with Gasteiger partial charge in [-0.2, -0.15) is 0 Å². The molecule has 15 heavy (non-hydrogen) atoms. The second-order valence-corrected chi connectivity index (χ2v) is 4.94. The van der Waals surface area contributed by atoms with E-state index in [0.29, 0.717) is 6.04 Å². The molecule has 0 aromatic heterocycles. The summed E-state index contributed by atoms with van der Waals surface area (Å²) >= 11 is 0. The zero-order chi connectivity index (χ0) is 11.1. The Hall–Kier alpha value is -0.0800. The van der Waals surface area contributed by atoms with Crippen molar-refractivity contribution in [3.63, 3.8) is 0 Å². The van der Waals surface area contributed by atoms with Gasteiger partial charge < -0.3 is 5.73 Å². The highest BCUT2D eigenvalue weighted by atomic mass is 15.2. The van der Waals surface area contributed by atoms with Crippen LogP contribution in [0.5, 0.6) is 0 Å². The van der Waals surface area contributed by atoms with Crippen molar-refractivity contribution >= 4 is 0 Å². The zero-order valence-corrected chi connectivity index (χ0v) is 10.5. The van der Waals surface area contributed by atoms with Gasteiger partial charge in [-0.05, 0) is 31.7 Å². The molecule has 1 rings (SSSR count). The van der Waals surface area contributed by atoms with E-state index in [9.17, 15) is 0 Å². The summed E-state index contributed by atoms with van der Waals surface area (Å²) in [5, 5.41) is 0. The summed E-state index contributed by atoms with van der Waals surface area (Å²) < 4.78 is 0. The first-order chi connectivity index (χ1) is 7.31. The quantitative estimate of drug-likeness (QED) is 0.703. The highest BCUT2D eigenvalue weighted by Gasteiger charge is 2.24. The molecule has 0 saturated carbocycles. The maximum absolute atomic E-state index is 5.80. The Morgan fingerprint density at radius 1 is 1.40 bits per heavy atom. The van der Waals surface area contributed by atoms with E-state index in [1.165, 1.54) is 51.6 Å². The second-order valence-electron chi connectivity index (χ2n) is 4.94. The first-order valence-electron chi connectivity index (χ1n) is 6.75. The molecule has 2 unspecified atom stereocenters. The minimum atomic E-state index is 0.681. The van der Waals surface area contributed by atoms with Gasteiger partial charge in [0, 0.05) is 19.1 Å². The lowest BCUT2D eigenvalue weighted by molar-refractivity contribution is 0.207. The molecule has 1 heterocycles. The third-order valence-corrected chi connectivity index (χ3v) is 3.81. The molecule has 2 nitrogen and oxygen atoms in total. The number of nitrogens with two attached hydrogens (primary N) is 1. The molecule has 2 heteroatoms. The first kappa shape index (κ1) is 13.0. The van der Waals surface area contributed by atoms with Crippen LogP contribution in [0.4, 0.5) is 0 Å². The third kappa shape index (κ3) is 4.12. The number of hydrogen-bond donors (Lipinski definition) is 1. The van der Waals surface area contributed by atoms with Crippen molar-refractivity contribution in [2.24, 2.45) is 11.7 Å². The van der Waals surface area contributed by atoms with E-state index in [-0.39, 0.29) is 0 Å². The standard InChI is InChI=1S/C13H28N2/c1-3-5-7-12(4-2)11-15-9-6-8-13(15)10-14/h12-13H,3-11,14H2,1-2H3. The highest BCUT2D eigenvalue weighted by Crippen LogP contribution is 2.21. The fourth-order valence-corrected chi connectivity index (χ4v) is 2.65. The summed E-state index contributed by atoms with van der Waals surface area (Å²) in [7, 11) is 0. The van der Waals surface area contributed by atoms with Gasteiger partial charge in [0.25, 0.3) is 0 Å². The van der Waals surface area contributed by atoms with Gasteiger partial charge in [-0.15, -0.1) is 0 Å². The van der Waals surface area contributed by atoms with Gasteiger partial charge in [0.15, 0.2) is 0 Å². The van der Waals surface area contributed by atoms with Crippen LogP contribution >= 0.6 is 0 Å². The van der Waals surface area contributed by atoms with E-state index >= 15 is 0 Å². The SMILES string of the molecule is CCCCC(CC)CN1CCCC1CN. The van der Waals surface area contributed by atoms with E-state index in [2.05, 4.69) is 18.7 Å². The van der Waals surface area contributed by atoms with Gasteiger partial charge >= 0.3 is 0 Å². The molecule has 90 valence electrons. The number of hydrogen-bond acceptors (Lipinski definition) is 2. The van der Waals surface area contributed by atoms with Gasteiger partial charge in [0.2, 0.25) is 0 Å². The van der Waals surface area contributed by atoms with E-state index < -0.39 is 0 Å². The minimum absolute atomic E-state index is 0.681. The van der Waals surface area contributed by atoms with E-state index in [4.69, 9.17) is 5.73 Å². The van der Waals surface area contributed by atoms with Crippen LogP contribution in [0.2, 0.25) is 0 Å². The Morgan fingerprint density at radius 3 is 2.80 bits per heavy atom. The summed E-state index contributed by atoms with van der Waals surface area (Å²) in [6.07, 6.45) is 8.12. The number of likely N-dealkylation sites (tertiary alicyclic amines) is 1. The molecule has 0 aromatic carbocycles. The van der Waals surface area contributed by atoms with Crippen molar-refractivity contribution in [2.75, 3.05) is 19.6 Å². The maximum Gasteiger partial charge on any atom is 0.0219 e. The molecular formula is C13H28N2. The summed E-state index contributed by atoms with van der Waals surface area (Å²) in [5.74, 6) is 0.900. The van der Waals surface area contributed by atoms with E-state index in [1.54, 1.807) is 0 Å². The van der Waals surface area contributed by atoms with Gasteiger partial charge in [0.1, 0.15) is 0 Å². The number of rotatable bonds is 7. The normalized spacial score (nSPS) is 24.6. The summed E-state index contributed by atoms with van der Waals surface area (Å²) in [5.41, 5.74) is 5.80. The Labute approximate surface area is 95.2 Å². The van der Waals surface area contributed by atoms with Crippen LogP contribution in [0.3, 0.4) is 0 Å². The molecule has 0 bridgehead atoms. The first-order valence-corrected chi connectivity index (χ1v) is 6.75. The van der Waals surface area contributed by atoms with Crippen LogP contribution < -0.4 is 5.73 Å². The Kier molecular flexibility index (Phi) is 6.26. The number of nitrogens with zero attached hydrogens (tertiary/aromatic N) is 1. The molecule has 2 atom stereocenters. The molecular weight excluding hydrogens is 184 g/mol. The van der Waals surface area contributed by atoms with Crippen LogP contribution in [0, 0.1) is 5.92 Å². The van der Waals surface area contributed by atoms with Crippen molar-refractivity contribution in [2.45, 2.75) is 58.4 Å². The molecule has 0 aliphatic carbocycles. The zero-order valence-electron chi connectivity index (χ0n) is 10.5. The monoisotopic (exact) mass is 212 g/mol. The fraction of sp³-hybridized carbons (Fsp3) is 1.00. The van der Waals surface area contributed by atoms with Gasteiger partial charge in [-0.1, -0.05) is 33.1 Å². The Balaban J connectivity index is 2.29. The van der Waals surface area contributed by atoms with Crippen LogP contribution in [-0.2, 0) is 0 Å². The Bertz CT molecular complexity index is 159. The number of unbranched alkanes of at least 4 members (excludes halogenated alkanes) is 1. The molecule has 0 spiro atoms. The molecule has 0 amide bonds. The average Bonchev–Trinajstić information content (AvgIpc) is 2.71. The second kappa shape index (κ2) is 7.24. The van der Waals surface area contributed by atoms with Gasteiger partial charge in [-0.25, -0.2) is 0 Å². The smallest absolute Gasteiger partial charge is 0.0219 e. The predicted octanol–water partition coefficient (Wildman–Crippen LogP) is 2.63. The van der Waals surface area contributed by atoms with Crippen LogP contribution in [0.15, 0.2) is 0 Å². The Morgan fingerprint density at radius 2 is 2.20 bits per heavy atom. The third-order valence-electron chi connectivity index (χ3n) is 3.81. The topological polar surface area (TPSA) is 29.3 Å². The summed E-state index contributed by atoms with van der Waals surface area (Å²) in [4.78, 5) is 2.63.